The van der Waals surface area contributed by atoms with Crippen molar-refractivity contribution in [2.24, 2.45) is 4.99 Å². The number of benzene rings is 1. The van der Waals surface area contributed by atoms with Crippen LogP contribution >= 0.6 is 0 Å². The highest BCUT2D eigenvalue weighted by Crippen LogP contribution is 2.04. The van der Waals surface area contributed by atoms with Crippen LogP contribution in [0.2, 0.25) is 0 Å². The molecule has 116 valence electrons. The standard InChI is InChI=1S/C15H24N4O2/c1-3-16-15(17-10-11-21-4-2)18-12-14(20)19-13-8-6-5-7-9-13/h5-9H,3-4,10-12H2,1-2H3,(H,19,20)(H2,16,17,18). The highest BCUT2D eigenvalue weighted by atomic mass is 16.5. The monoisotopic (exact) mass is 292 g/mol. The van der Waals surface area contributed by atoms with Crippen molar-refractivity contribution in [1.29, 1.82) is 0 Å². The number of nitrogens with zero attached hydrogens (tertiary/aromatic N) is 1. The van der Waals surface area contributed by atoms with Gasteiger partial charge in [0, 0.05) is 25.4 Å². The molecule has 3 N–H and O–H groups in total. The number of amides is 1. The minimum Gasteiger partial charge on any atom is -0.380 e. The first-order valence-corrected chi connectivity index (χ1v) is 7.21. The highest BCUT2D eigenvalue weighted by Gasteiger charge is 2.02. The number of carbonyl (C=O) groups excluding carboxylic acids is 1. The molecule has 0 spiro atoms. The predicted molar refractivity (Wildman–Crippen MR) is 85.5 cm³/mol. The van der Waals surface area contributed by atoms with Crippen LogP contribution in [0, 0.1) is 0 Å². The van der Waals surface area contributed by atoms with Crippen LogP contribution in [0.1, 0.15) is 13.8 Å². The molecule has 6 heteroatoms. The Morgan fingerprint density at radius 2 is 1.95 bits per heavy atom. The average molecular weight is 292 g/mol. The number of anilines is 1. The SMILES string of the molecule is CCNC(=NCC(=O)Nc1ccccc1)NCCOCC. The molecular formula is C15H24N4O2. The van der Waals surface area contributed by atoms with Gasteiger partial charge < -0.3 is 20.7 Å². The molecule has 0 atom stereocenters. The Bertz CT molecular complexity index is 435. The lowest BCUT2D eigenvalue weighted by Crippen LogP contribution is -2.39. The number of hydrogen-bond donors (Lipinski definition) is 3. The molecule has 0 aliphatic rings. The second-order valence-electron chi connectivity index (χ2n) is 4.23. The number of para-hydroxylation sites is 1. The lowest BCUT2D eigenvalue weighted by atomic mass is 10.3. The van der Waals surface area contributed by atoms with E-state index in [0.29, 0.717) is 25.7 Å². The van der Waals surface area contributed by atoms with Crippen LogP contribution < -0.4 is 16.0 Å². The summed E-state index contributed by atoms with van der Waals surface area (Å²) < 4.78 is 5.24. The topological polar surface area (TPSA) is 74.8 Å². The van der Waals surface area contributed by atoms with Crippen molar-refractivity contribution in [2.75, 3.05) is 38.2 Å². The fourth-order valence-electron chi connectivity index (χ4n) is 1.60. The van der Waals surface area contributed by atoms with Crippen LogP contribution in [-0.2, 0) is 9.53 Å². The van der Waals surface area contributed by atoms with Crippen LogP contribution in [0.25, 0.3) is 0 Å². The van der Waals surface area contributed by atoms with Crippen LogP contribution in [0.3, 0.4) is 0 Å². The number of nitrogens with one attached hydrogen (secondary N) is 3. The summed E-state index contributed by atoms with van der Waals surface area (Å²) in [7, 11) is 0. The zero-order valence-electron chi connectivity index (χ0n) is 12.7. The van der Waals surface area contributed by atoms with Gasteiger partial charge in [0.2, 0.25) is 5.91 Å². The van der Waals surface area contributed by atoms with E-state index in [1.807, 2.05) is 44.2 Å². The van der Waals surface area contributed by atoms with Gasteiger partial charge in [-0.3, -0.25) is 4.79 Å². The second kappa shape index (κ2) is 10.7. The molecule has 1 aromatic carbocycles. The van der Waals surface area contributed by atoms with Crippen molar-refractivity contribution in [3.8, 4) is 0 Å². The smallest absolute Gasteiger partial charge is 0.246 e. The van der Waals surface area contributed by atoms with E-state index in [4.69, 9.17) is 4.74 Å². The number of ether oxygens (including phenoxy) is 1. The van der Waals surface area contributed by atoms with Crippen LogP contribution in [0.4, 0.5) is 5.69 Å². The Morgan fingerprint density at radius 3 is 2.62 bits per heavy atom. The number of aliphatic imine (C=N–C) groups is 1. The van der Waals surface area contributed by atoms with Gasteiger partial charge in [0.1, 0.15) is 6.54 Å². The van der Waals surface area contributed by atoms with E-state index in [1.54, 1.807) is 0 Å². The molecule has 0 heterocycles. The molecule has 0 aliphatic heterocycles. The fourth-order valence-corrected chi connectivity index (χ4v) is 1.60. The van der Waals surface area contributed by atoms with Crippen LogP contribution in [-0.4, -0.2) is 44.7 Å². The molecule has 0 fully saturated rings. The zero-order chi connectivity index (χ0) is 15.3. The van der Waals surface area contributed by atoms with Crippen molar-refractivity contribution in [2.45, 2.75) is 13.8 Å². The van der Waals surface area contributed by atoms with E-state index < -0.39 is 0 Å². The molecule has 0 saturated carbocycles. The summed E-state index contributed by atoms with van der Waals surface area (Å²) in [4.78, 5) is 16.0. The summed E-state index contributed by atoms with van der Waals surface area (Å²) in [5.74, 6) is 0.462. The quantitative estimate of drug-likeness (QED) is 0.382. The lowest BCUT2D eigenvalue weighted by Gasteiger charge is -2.11. The van der Waals surface area contributed by atoms with E-state index >= 15 is 0 Å². The molecule has 0 unspecified atom stereocenters. The van der Waals surface area contributed by atoms with Crippen molar-refractivity contribution in [3.63, 3.8) is 0 Å². The Hall–Kier alpha value is -2.08. The molecular weight excluding hydrogens is 268 g/mol. The van der Waals surface area contributed by atoms with Gasteiger partial charge in [-0.05, 0) is 26.0 Å². The molecule has 0 aliphatic carbocycles. The maximum Gasteiger partial charge on any atom is 0.246 e. The van der Waals surface area contributed by atoms with Crippen LogP contribution in [0.15, 0.2) is 35.3 Å². The first-order chi connectivity index (χ1) is 10.3. The number of carbonyl (C=O) groups is 1. The normalized spacial score (nSPS) is 11.0. The molecule has 0 aromatic heterocycles. The van der Waals surface area contributed by atoms with Gasteiger partial charge in [0.05, 0.1) is 6.61 Å². The molecule has 0 saturated heterocycles. The number of rotatable bonds is 8. The summed E-state index contributed by atoms with van der Waals surface area (Å²) in [6.45, 7) is 6.68. The van der Waals surface area contributed by atoms with E-state index in [1.165, 1.54) is 0 Å². The molecule has 21 heavy (non-hydrogen) atoms. The van der Waals surface area contributed by atoms with Gasteiger partial charge in [-0.2, -0.15) is 0 Å². The Morgan fingerprint density at radius 1 is 1.19 bits per heavy atom. The molecule has 1 amide bonds. The Kier molecular flexibility index (Phi) is 8.63. The molecule has 6 nitrogen and oxygen atoms in total. The number of guanidine groups is 1. The predicted octanol–water partition coefficient (Wildman–Crippen LogP) is 1.22. The van der Waals surface area contributed by atoms with E-state index in [-0.39, 0.29) is 12.5 Å². The van der Waals surface area contributed by atoms with Gasteiger partial charge in [-0.25, -0.2) is 4.99 Å². The van der Waals surface area contributed by atoms with Crippen LogP contribution in [0.5, 0.6) is 0 Å². The molecule has 0 bridgehead atoms. The highest BCUT2D eigenvalue weighted by molar-refractivity contribution is 5.94. The third-order valence-corrected chi connectivity index (χ3v) is 2.53. The van der Waals surface area contributed by atoms with E-state index in [9.17, 15) is 4.79 Å². The third kappa shape index (κ3) is 7.94. The van der Waals surface area contributed by atoms with Gasteiger partial charge in [0.15, 0.2) is 5.96 Å². The summed E-state index contributed by atoms with van der Waals surface area (Å²) in [5, 5.41) is 8.98. The molecule has 0 radical (unpaired) electrons. The first-order valence-electron chi connectivity index (χ1n) is 7.21. The van der Waals surface area contributed by atoms with Gasteiger partial charge in [-0.15, -0.1) is 0 Å². The van der Waals surface area contributed by atoms with E-state index in [2.05, 4.69) is 20.9 Å². The summed E-state index contributed by atoms with van der Waals surface area (Å²) in [6.07, 6.45) is 0. The van der Waals surface area contributed by atoms with Gasteiger partial charge in [0.25, 0.3) is 0 Å². The Balaban J connectivity index is 2.39. The minimum atomic E-state index is -0.150. The van der Waals surface area contributed by atoms with Gasteiger partial charge >= 0.3 is 0 Å². The zero-order valence-corrected chi connectivity index (χ0v) is 12.7. The van der Waals surface area contributed by atoms with E-state index in [0.717, 1.165) is 12.2 Å². The third-order valence-electron chi connectivity index (χ3n) is 2.53. The maximum absolute atomic E-state index is 11.8. The van der Waals surface area contributed by atoms with Crippen molar-refractivity contribution in [1.82, 2.24) is 10.6 Å². The van der Waals surface area contributed by atoms with Crippen molar-refractivity contribution >= 4 is 17.6 Å². The summed E-state index contributed by atoms with van der Waals surface area (Å²) in [6, 6.07) is 9.33. The summed E-state index contributed by atoms with van der Waals surface area (Å²) >= 11 is 0. The van der Waals surface area contributed by atoms with Gasteiger partial charge in [-0.1, -0.05) is 18.2 Å². The fraction of sp³-hybridized carbons (Fsp3) is 0.467. The second-order valence-corrected chi connectivity index (χ2v) is 4.23. The lowest BCUT2D eigenvalue weighted by molar-refractivity contribution is -0.114. The Labute approximate surface area is 126 Å². The molecule has 1 rings (SSSR count). The first kappa shape index (κ1) is 17.0. The van der Waals surface area contributed by atoms with Crippen molar-refractivity contribution < 1.29 is 9.53 Å². The summed E-state index contributed by atoms with van der Waals surface area (Å²) in [5.41, 5.74) is 0.770. The minimum absolute atomic E-state index is 0.0683. The maximum atomic E-state index is 11.8. The van der Waals surface area contributed by atoms with Crippen molar-refractivity contribution in [3.05, 3.63) is 30.3 Å². The number of hydrogen-bond acceptors (Lipinski definition) is 3. The molecule has 1 aromatic rings. The largest absolute Gasteiger partial charge is 0.380 e. The average Bonchev–Trinajstić information content (AvgIpc) is 2.50.